The lowest BCUT2D eigenvalue weighted by Crippen LogP contribution is -2.22. The number of aromatic amines is 1. The van der Waals surface area contributed by atoms with Gasteiger partial charge >= 0.3 is 0 Å². The zero-order valence-electron chi connectivity index (χ0n) is 17.8. The molecule has 1 aliphatic rings. The fourth-order valence-electron chi connectivity index (χ4n) is 4.02. The van der Waals surface area contributed by atoms with Crippen LogP contribution in [0.3, 0.4) is 0 Å². The van der Waals surface area contributed by atoms with Crippen molar-refractivity contribution in [2.75, 3.05) is 5.32 Å². The highest BCUT2D eigenvalue weighted by Crippen LogP contribution is 2.38. The number of benzene rings is 3. The molecular weight excluding hydrogens is 434 g/mol. The largest absolute Gasteiger partial charge is 0.325 e. The number of hydrogen-bond donors (Lipinski definition) is 2. The lowest BCUT2D eigenvalue weighted by atomic mass is 9.90. The maximum Gasteiger partial charge on any atom is 0.269 e. The van der Waals surface area contributed by atoms with Crippen molar-refractivity contribution in [1.82, 2.24) is 9.78 Å². The van der Waals surface area contributed by atoms with Crippen LogP contribution in [0.4, 0.5) is 17.1 Å². The van der Waals surface area contributed by atoms with Crippen LogP contribution >= 0.6 is 0 Å². The number of nitro groups is 1. The fraction of sp³-hybridized carbons (Fsp3) is 0.0800. The lowest BCUT2D eigenvalue weighted by Gasteiger charge is -2.14. The van der Waals surface area contributed by atoms with Crippen LogP contribution in [0.5, 0.6) is 0 Å². The predicted octanol–water partition coefficient (Wildman–Crippen LogP) is 3.99. The van der Waals surface area contributed by atoms with Crippen molar-refractivity contribution in [2.45, 2.75) is 12.5 Å². The van der Waals surface area contributed by atoms with Crippen LogP contribution in [0.1, 0.15) is 22.6 Å². The Labute approximate surface area is 193 Å². The summed E-state index contributed by atoms with van der Waals surface area (Å²) in [6, 6.07) is 22.6. The van der Waals surface area contributed by atoms with Gasteiger partial charge in [0, 0.05) is 35.6 Å². The van der Waals surface area contributed by atoms with E-state index in [1.165, 1.54) is 18.2 Å². The van der Waals surface area contributed by atoms with E-state index in [0.717, 1.165) is 11.1 Å². The molecule has 0 saturated heterocycles. The summed E-state index contributed by atoms with van der Waals surface area (Å²) in [6.07, 6.45) is 1.68. The summed E-state index contributed by atoms with van der Waals surface area (Å²) in [5.74, 6) is -1.08. The summed E-state index contributed by atoms with van der Waals surface area (Å²) >= 11 is 0. The van der Waals surface area contributed by atoms with E-state index in [-0.39, 0.29) is 17.2 Å². The zero-order valence-corrected chi connectivity index (χ0v) is 17.8. The Bertz CT molecular complexity index is 1470. The van der Waals surface area contributed by atoms with Gasteiger partial charge in [-0.1, -0.05) is 42.5 Å². The molecule has 0 spiro atoms. The topological polar surface area (TPSA) is 122 Å². The van der Waals surface area contributed by atoms with E-state index < -0.39 is 10.8 Å². The van der Waals surface area contributed by atoms with Gasteiger partial charge in [0.2, 0.25) is 5.91 Å². The van der Waals surface area contributed by atoms with E-state index in [4.69, 9.17) is 4.99 Å². The second-order valence-corrected chi connectivity index (χ2v) is 7.90. The fourth-order valence-corrected chi connectivity index (χ4v) is 4.02. The summed E-state index contributed by atoms with van der Waals surface area (Å²) in [4.78, 5) is 40.0. The summed E-state index contributed by atoms with van der Waals surface area (Å²) in [6.45, 7) is 0.500. The molecule has 1 unspecified atom stereocenters. The van der Waals surface area contributed by atoms with Crippen molar-refractivity contribution < 1.29 is 9.72 Å². The Morgan fingerprint density at radius 1 is 1.00 bits per heavy atom. The average Bonchev–Trinajstić information content (AvgIpc) is 3.40. The highest BCUT2D eigenvalue weighted by atomic mass is 16.6. The van der Waals surface area contributed by atoms with Gasteiger partial charge in [0.15, 0.2) is 0 Å². The van der Waals surface area contributed by atoms with Gasteiger partial charge < -0.3 is 5.32 Å². The maximum atomic E-state index is 13.0. The highest BCUT2D eigenvalue weighted by molar-refractivity contribution is 6.24. The van der Waals surface area contributed by atoms with Gasteiger partial charge in [0.25, 0.3) is 11.2 Å². The first-order valence-corrected chi connectivity index (χ1v) is 10.6. The molecule has 1 amide bonds. The van der Waals surface area contributed by atoms with E-state index in [9.17, 15) is 19.7 Å². The van der Waals surface area contributed by atoms with E-state index in [1.54, 1.807) is 16.9 Å². The Hall–Kier alpha value is -4.79. The number of carbonyl (C=O) groups is 1. The number of aliphatic imine (C=N–C) groups is 1. The van der Waals surface area contributed by atoms with Gasteiger partial charge in [-0.25, -0.2) is 0 Å². The molecule has 4 aromatic rings. The first-order valence-electron chi connectivity index (χ1n) is 10.6. The number of nitrogens with zero attached hydrogens (tertiary/aromatic N) is 3. The number of amides is 1. The van der Waals surface area contributed by atoms with Crippen LogP contribution in [-0.2, 0) is 11.3 Å². The monoisotopic (exact) mass is 453 g/mol. The quantitative estimate of drug-likeness (QED) is 0.260. The van der Waals surface area contributed by atoms with E-state index in [1.807, 2.05) is 54.6 Å². The van der Waals surface area contributed by atoms with Crippen LogP contribution in [0, 0.1) is 10.1 Å². The third-order valence-corrected chi connectivity index (χ3v) is 5.62. The molecule has 34 heavy (non-hydrogen) atoms. The van der Waals surface area contributed by atoms with Crippen LogP contribution in [0.2, 0.25) is 0 Å². The lowest BCUT2D eigenvalue weighted by molar-refractivity contribution is -0.384. The molecule has 5 rings (SSSR count). The number of H-pyrrole nitrogens is 1. The molecule has 1 atom stereocenters. The molecule has 0 radical (unpaired) electrons. The number of nitro benzene ring substituents is 1. The molecule has 0 saturated carbocycles. The normalized spacial score (nSPS) is 15.1. The Kier molecular flexibility index (Phi) is 5.35. The second kappa shape index (κ2) is 8.62. The number of fused-ring (bicyclic) bond motifs is 1. The Balaban J connectivity index is 1.54. The van der Waals surface area contributed by atoms with Crippen LogP contribution in [0.15, 0.2) is 94.8 Å². The smallest absolute Gasteiger partial charge is 0.269 e. The van der Waals surface area contributed by atoms with Crippen molar-refractivity contribution in [1.29, 1.82) is 0 Å². The molecule has 9 nitrogen and oxygen atoms in total. The van der Waals surface area contributed by atoms with E-state index in [0.29, 0.717) is 29.2 Å². The number of nitrogens with one attached hydrogen (secondary N) is 2. The Morgan fingerprint density at radius 2 is 1.76 bits per heavy atom. The molecule has 0 aliphatic carbocycles. The van der Waals surface area contributed by atoms with Crippen LogP contribution < -0.4 is 10.9 Å². The highest BCUT2D eigenvalue weighted by Gasteiger charge is 2.36. The van der Waals surface area contributed by atoms with Crippen molar-refractivity contribution in [2.24, 2.45) is 4.99 Å². The van der Waals surface area contributed by atoms with Gasteiger partial charge in [0.1, 0.15) is 5.92 Å². The average molecular weight is 453 g/mol. The molecule has 3 aromatic carbocycles. The number of anilines is 1. The number of aromatic nitrogens is 2. The van der Waals surface area contributed by atoms with Crippen LogP contribution in [-0.4, -0.2) is 26.3 Å². The third kappa shape index (κ3) is 4.14. The van der Waals surface area contributed by atoms with Crippen molar-refractivity contribution >= 4 is 28.7 Å². The van der Waals surface area contributed by atoms with Gasteiger partial charge in [0.05, 0.1) is 22.9 Å². The summed E-state index contributed by atoms with van der Waals surface area (Å²) in [7, 11) is 0. The first kappa shape index (κ1) is 21.1. The van der Waals surface area contributed by atoms with E-state index in [2.05, 4.69) is 10.4 Å². The van der Waals surface area contributed by atoms with Crippen molar-refractivity contribution in [3.63, 3.8) is 0 Å². The SMILES string of the molecule is O=C1Nc2ccc([N+](=O)[O-])cc2C1C(=Nc1ccc(Cn2ccc(=O)[nH]2)cc1)c1ccccc1. The first-order chi connectivity index (χ1) is 16.5. The molecule has 0 fully saturated rings. The van der Waals surface area contributed by atoms with Crippen LogP contribution in [0.25, 0.3) is 0 Å². The van der Waals surface area contributed by atoms with Gasteiger partial charge in [-0.05, 0) is 29.3 Å². The molecule has 9 heteroatoms. The molecule has 1 aromatic heterocycles. The summed E-state index contributed by atoms with van der Waals surface area (Å²) in [5.41, 5.74) is 3.66. The predicted molar refractivity (Wildman–Crippen MR) is 128 cm³/mol. The minimum atomic E-state index is -0.790. The molecule has 168 valence electrons. The molecule has 2 N–H and O–H groups in total. The van der Waals surface area contributed by atoms with Gasteiger partial charge in [-0.15, -0.1) is 0 Å². The minimum absolute atomic E-state index is 0.0833. The maximum absolute atomic E-state index is 13.0. The Morgan fingerprint density at radius 3 is 2.44 bits per heavy atom. The van der Waals surface area contributed by atoms with E-state index >= 15 is 0 Å². The zero-order chi connectivity index (χ0) is 23.7. The van der Waals surface area contributed by atoms with Gasteiger partial charge in [-0.2, -0.15) is 0 Å². The number of non-ortho nitro benzene ring substituents is 1. The standard InChI is InChI=1S/C25H19N5O4/c31-22-12-13-29(28-22)15-16-6-8-18(9-7-16)26-24(17-4-2-1-3-5-17)23-20-14-19(30(33)34)10-11-21(20)27-25(23)32/h1-14,23H,15H2,(H,27,32)(H,28,31). The molecular formula is C25H19N5O4. The van der Waals surface area contributed by atoms with Gasteiger partial charge in [-0.3, -0.25) is 34.5 Å². The second-order valence-electron chi connectivity index (χ2n) is 7.90. The van der Waals surface area contributed by atoms with Crippen molar-refractivity contribution in [3.8, 4) is 0 Å². The van der Waals surface area contributed by atoms with Crippen molar-refractivity contribution in [3.05, 3.63) is 122 Å². The number of hydrogen-bond acceptors (Lipinski definition) is 5. The third-order valence-electron chi connectivity index (χ3n) is 5.62. The number of carbonyl (C=O) groups excluding carboxylic acids is 1. The summed E-state index contributed by atoms with van der Waals surface area (Å²) in [5, 5.41) is 16.8. The summed E-state index contributed by atoms with van der Waals surface area (Å²) < 4.78 is 1.68. The molecule has 1 aliphatic heterocycles. The molecule has 0 bridgehead atoms. The number of rotatable bonds is 6. The molecule has 2 heterocycles. The minimum Gasteiger partial charge on any atom is -0.325 e.